The molecule has 0 bridgehead atoms. The Balaban J connectivity index is 1.39. The lowest BCUT2D eigenvalue weighted by molar-refractivity contribution is -0.155. The van der Waals surface area contributed by atoms with Crippen molar-refractivity contribution in [3.8, 4) is 0 Å². The van der Waals surface area contributed by atoms with Crippen molar-refractivity contribution in [1.29, 1.82) is 0 Å². The van der Waals surface area contributed by atoms with Gasteiger partial charge in [0, 0.05) is 12.1 Å². The van der Waals surface area contributed by atoms with E-state index in [-0.39, 0.29) is 59.7 Å². The van der Waals surface area contributed by atoms with E-state index < -0.39 is 0 Å². The average molecular weight is 583 g/mol. The van der Waals surface area contributed by atoms with E-state index in [1.54, 1.807) is 0 Å². The average Bonchev–Trinajstić information content (AvgIpc) is 3.59. The van der Waals surface area contributed by atoms with Gasteiger partial charge in [0.15, 0.2) is 0 Å². The summed E-state index contributed by atoms with van der Waals surface area (Å²) in [6, 6.07) is 41.4. The van der Waals surface area contributed by atoms with Crippen LogP contribution in [0.3, 0.4) is 0 Å². The Kier molecular flexibility index (Phi) is 7.84. The summed E-state index contributed by atoms with van der Waals surface area (Å²) in [4.78, 5) is 35.0. The Morgan fingerprint density at radius 1 is 0.500 bits per heavy atom. The van der Waals surface area contributed by atoms with Crippen molar-refractivity contribution < 1.29 is 9.59 Å². The monoisotopic (exact) mass is 582 g/mol. The van der Waals surface area contributed by atoms with Crippen LogP contribution in [-0.4, -0.2) is 33.7 Å². The normalized spacial score (nSPS) is 30.0. The predicted molar refractivity (Wildman–Crippen MR) is 174 cm³/mol. The third kappa shape index (κ3) is 5.15. The second-order valence-corrected chi connectivity index (χ2v) is 13.4. The molecular weight excluding hydrogens is 540 g/mol. The van der Waals surface area contributed by atoms with Crippen LogP contribution in [0.2, 0.25) is 0 Å². The molecule has 0 aliphatic carbocycles. The number of benzene rings is 4. The maximum absolute atomic E-state index is 15.3. The summed E-state index contributed by atoms with van der Waals surface area (Å²) in [7, 11) is 0. The largest absolute Gasteiger partial charge is 0.331 e. The van der Waals surface area contributed by atoms with E-state index in [4.69, 9.17) is 0 Å². The number of carbonyl (C=O) groups excluding carboxylic acids is 2. The topological polar surface area (TPSA) is 40.6 Å². The number of amides is 2. The first-order chi connectivity index (χ1) is 21.5. The van der Waals surface area contributed by atoms with Crippen LogP contribution in [0.4, 0.5) is 0 Å². The maximum atomic E-state index is 15.3. The molecule has 2 amide bonds. The van der Waals surface area contributed by atoms with E-state index in [0.29, 0.717) is 12.8 Å². The van der Waals surface area contributed by atoms with Gasteiger partial charge in [0.25, 0.3) is 0 Å². The molecule has 0 spiro atoms. The molecule has 3 fully saturated rings. The zero-order valence-electron chi connectivity index (χ0n) is 25.7. The zero-order chi connectivity index (χ0) is 30.2. The van der Waals surface area contributed by atoms with Gasteiger partial charge in [-0.25, -0.2) is 0 Å². The van der Waals surface area contributed by atoms with Crippen molar-refractivity contribution in [3.05, 3.63) is 144 Å². The summed E-state index contributed by atoms with van der Waals surface area (Å²) in [5.74, 6) is 0.277. The minimum Gasteiger partial charge on any atom is -0.331 e. The van der Waals surface area contributed by atoms with E-state index in [1.807, 2.05) is 24.3 Å². The minimum atomic E-state index is -0.311. The van der Waals surface area contributed by atoms with Crippen molar-refractivity contribution in [2.75, 3.05) is 0 Å². The molecule has 4 aromatic rings. The third-order valence-corrected chi connectivity index (χ3v) is 10.6. The summed E-state index contributed by atoms with van der Waals surface area (Å²) in [5.41, 5.74) is 4.63. The van der Waals surface area contributed by atoms with Gasteiger partial charge in [0.1, 0.15) is 0 Å². The highest BCUT2D eigenvalue weighted by atomic mass is 16.2. The molecule has 4 heteroatoms. The van der Waals surface area contributed by atoms with Gasteiger partial charge in [-0.2, -0.15) is 0 Å². The molecule has 7 rings (SSSR count). The molecule has 224 valence electrons. The highest BCUT2D eigenvalue weighted by Crippen LogP contribution is 2.51. The van der Waals surface area contributed by atoms with E-state index in [0.717, 1.165) is 24.0 Å². The van der Waals surface area contributed by atoms with Crippen molar-refractivity contribution in [2.24, 2.45) is 23.7 Å². The number of hydrogen-bond donors (Lipinski definition) is 0. The molecule has 3 aliphatic rings. The fourth-order valence-electron chi connectivity index (χ4n) is 8.70. The highest BCUT2D eigenvalue weighted by molar-refractivity contribution is 5.88. The number of rotatable bonds is 6. The molecule has 0 aromatic heterocycles. The van der Waals surface area contributed by atoms with Crippen LogP contribution in [0.5, 0.6) is 0 Å². The van der Waals surface area contributed by atoms with E-state index in [2.05, 4.69) is 121 Å². The van der Waals surface area contributed by atoms with Gasteiger partial charge in [0.05, 0.1) is 23.9 Å². The number of fused-ring (bicyclic) bond motifs is 2. The Bertz CT molecular complexity index is 1450. The molecule has 8 atom stereocenters. The van der Waals surface area contributed by atoms with Gasteiger partial charge >= 0.3 is 0 Å². The summed E-state index contributed by atoms with van der Waals surface area (Å²) in [6.45, 7) is 4.53. The zero-order valence-corrected chi connectivity index (χ0v) is 25.7. The Labute approximate surface area is 261 Å². The molecule has 0 unspecified atom stereocenters. The van der Waals surface area contributed by atoms with Crippen molar-refractivity contribution in [3.63, 3.8) is 0 Å². The molecular formula is C40H42N2O2. The van der Waals surface area contributed by atoms with Gasteiger partial charge < -0.3 is 9.80 Å². The van der Waals surface area contributed by atoms with Crippen molar-refractivity contribution >= 4 is 11.8 Å². The fraction of sp³-hybridized carbons (Fsp3) is 0.350. The van der Waals surface area contributed by atoms with Crippen LogP contribution < -0.4 is 0 Å². The number of carbonyl (C=O) groups is 2. The second-order valence-electron chi connectivity index (χ2n) is 13.4. The van der Waals surface area contributed by atoms with E-state index in [9.17, 15) is 0 Å². The van der Waals surface area contributed by atoms with Crippen LogP contribution in [0, 0.1) is 23.7 Å². The van der Waals surface area contributed by atoms with Gasteiger partial charge in [-0.15, -0.1) is 0 Å². The van der Waals surface area contributed by atoms with E-state index in [1.165, 1.54) is 11.1 Å². The molecule has 0 radical (unpaired) electrons. The van der Waals surface area contributed by atoms with Crippen LogP contribution in [-0.2, 0) is 22.4 Å². The van der Waals surface area contributed by atoms with Crippen LogP contribution in [0.25, 0.3) is 0 Å². The molecule has 3 saturated heterocycles. The Hall–Kier alpha value is -4.18. The Morgan fingerprint density at radius 2 is 0.818 bits per heavy atom. The minimum absolute atomic E-state index is 0.0478. The van der Waals surface area contributed by atoms with Gasteiger partial charge in [-0.1, -0.05) is 135 Å². The second kappa shape index (κ2) is 12.1. The molecule has 0 saturated carbocycles. The lowest BCUT2D eigenvalue weighted by atomic mass is 9.82. The fourth-order valence-corrected chi connectivity index (χ4v) is 8.70. The van der Waals surface area contributed by atoms with Crippen LogP contribution in [0.1, 0.15) is 61.0 Å². The molecule has 0 N–H and O–H groups in total. The lowest BCUT2D eigenvalue weighted by Crippen LogP contribution is -2.58. The first-order valence-electron chi connectivity index (χ1n) is 16.3. The summed E-state index contributed by atoms with van der Waals surface area (Å²) in [5, 5.41) is 0. The van der Waals surface area contributed by atoms with Crippen LogP contribution >= 0.6 is 0 Å². The SMILES string of the molecule is C[C@@H]1C[C@H]2[C@@H](Cc3ccccc3)C(=O)N3[C@@H](C[C@@H](C)[C@@H]3c3ccccc3)[C@@H](Cc3ccccc3)C(=O)N2[C@H]1c1ccccc1. The molecule has 4 nitrogen and oxygen atoms in total. The van der Waals surface area contributed by atoms with Gasteiger partial charge in [-0.3, -0.25) is 9.59 Å². The molecule has 3 aliphatic heterocycles. The van der Waals surface area contributed by atoms with Crippen LogP contribution in [0.15, 0.2) is 121 Å². The summed E-state index contributed by atoms with van der Waals surface area (Å²) < 4.78 is 0. The summed E-state index contributed by atoms with van der Waals surface area (Å²) in [6.07, 6.45) is 2.89. The van der Waals surface area contributed by atoms with Gasteiger partial charge in [-0.05, 0) is 59.8 Å². The Morgan fingerprint density at radius 3 is 1.16 bits per heavy atom. The maximum Gasteiger partial charge on any atom is 0.228 e. The lowest BCUT2D eigenvalue weighted by Gasteiger charge is -2.46. The molecule has 3 heterocycles. The number of nitrogens with zero attached hydrogens (tertiary/aromatic N) is 2. The van der Waals surface area contributed by atoms with Gasteiger partial charge in [0.2, 0.25) is 11.8 Å². The third-order valence-electron chi connectivity index (χ3n) is 10.6. The number of hydrogen-bond acceptors (Lipinski definition) is 2. The van der Waals surface area contributed by atoms with E-state index >= 15 is 9.59 Å². The molecule has 4 aromatic carbocycles. The first-order valence-corrected chi connectivity index (χ1v) is 16.3. The summed E-state index contributed by atoms with van der Waals surface area (Å²) >= 11 is 0. The van der Waals surface area contributed by atoms with Crippen molar-refractivity contribution in [2.45, 2.75) is 63.7 Å². The highest BCUT2D eigenvalue weighted by Gasteiger charge is 2.57. The van der Waals surface area contributed by atoms with Crippen molar-refractivity contribution in [1.82, 2.24) is 9.80 Å². The quantitative estimate of drug-likeness (QED) is 0.234. The smallest absolute Gasteiger partial charge is 0.228 e. The molecule has 44 heavy (non-hydrogen) atoms. The first kappa shape index (κ1) is 28.6. The predicted octanol–water partition coefficient (Wildman–Crippen LogP) is 7.67. The standard InChI is InChI=1S/C40H42N2O2/c1-27-23-35-33(25-29-15-7-3-8-16-29)40(44)42-36(24-28(2)38(42)32-21-13-6-14-22-32)34(26-30-17-9-4-10-18-30)39(43)41(35)37(27)31-19-11-5-12-20-31/h3-22,27-28,33-38H,23-26H2,1-2H3/t27-,28-,33-,34-,35+,36+,37-,38-/m1/s1.